The minimum absolute atomic E-state index is 0.0600. The number of amides is 23. The number of hydrogen-bond donors (Lipinski definition) is 27. The molecule has 0 aliphatic carbocycles. The van der Waals surface area contributed by atoms with E-state index in [0.717, 1.165) is 13.8 Å². The van der Waals surface area contributed by atoms with Gasteiger partial charge in [0.05, 0.1) is 25.6 Å². The number of unbranched alkanes of at least 4 members (excludes halogenated alkanes) is 1. The molecule has 1 aromatic heterocycles. The Kier molecular flexibility index (Phi) is 53.6. The van der Waals surface area contributed by atoms with Gasteiger partial charge in [-0.25, -0.2) is 0 Å². The molecule has 17 atom stereocenters. The molecule has 3 aromatic rings. The van der Waals surface area contributed by atoms with Gasteiger partial charge in [0.1, 0.15) is 95.7 Å². The van der Waals surface area contributed by atoms with E-state index >= 15 is 43.2 Å². The van der Waals surface area contributed by atoms with Crippen LogP contribution in [0.4, 0.5) is 0 Å². The number of H-pyrrole nitrogens is 1. The monoisotopic (exact) mass is 2080 g/mol. The maximum Gasteiger partial charge on any atom is 0.246 e. The van der Waals surface area contributed by atoms with Crippen LogP contribution in [0, 0.1) is 17.8 Å². The molecule has 0 fully saturated rings. The highest BCUT2D eigenvalue weighted by Gasteiger charge is 2.45. The Bertz CT molecular complexity index is 5130. The number of aromatic nitrogens is 1. The van der Waals surface area contributed by atoms with Crippen molar-refractivity contribution in [3.63, 3.8) is 0 Å². The van der Waals surface area contributed by atoms with Crippen molar-refractivity contribution in [3.8, 4) is 0 Å². The van der Waals surface area contributed by atoms with E-state index in [1.54, 1.807) is 108 Å². The maximum absolute atomic E-state index is 15.6. The summed E-state index contributed by atoms with van der Waals surface area (Å²) in [5.74, 6) is -25.5. The predicted molar refractivity (Wildman–Crippen MR) is 539 cm³/mol. The second-order valence-electron chi connectivity index (χ2n) is 39.0. The summed E-state index contributed by atoms with van der Waals surface area (Å²) in [6.07, 6.45) is -1.78. The summed E-state index contributed by atoms with van der Waals surface area (Å²) in [6.45, 7) is 14.1. The van der Waals surface area contributed by atoms with Gasteiger partial charge in [0.25, 0.3) is 0 Å². The van der Waals surface area contributed by atoms with Crippen molar-refractivity contribution in [3.05, 3.63) is 84.1 Å². The van der Waals surface area contributed by atoms with Crippen molar-refractivity contribution in [1.29, 1.82) is 0 Å². The number of nitrogens with one attached hydrogen (secondary N) is 17. The van der Waals surface area contributed by atoms with Gasteiger partial charge in [0, 0.05) is 62.5 Å². The molecule has 4 rings (SSSR count). The Hall–Kier alpha value is -14.6. The van der Waals surface area contributed by atoms with Crippen LogP contribution in [0.15, 0.2) is 72.9 Å². The highest BCUT2D eigenvalue weighted by Crippen LogP contribution is 2.25. The van der Waals surface area contributed by atoms with Crippen molar-refractivity contribution in [2.24, 2.45) is 63.6 Å². The van der Waals surface area contributed by atoms with Gasteiger partial charge in [-0.1, -0.05) is 121 Å². The Labute approximate surface area is 858 Å². The zero-order chi connectivity index (χ0) is 111. The fraction of sp³-hybridized carbons (Fsp3) is 0.602. The molecule has 35 N–H and O–H groups in total. The van der Waals surface area contributed by atoms with Gasteiger partial charge in [-0.15, -0.1) is 0 Å². The third kappa shape index (κ3) is 45.2. The number of carbonyl (C=O) groups is 23. The molecule has 0 radical (unpaired) electrons. The number of fused-ring (bicyclic) bond motifs is 1. The Morgan fingerprint density at radius 1 is 0.432 bits per heavy atom. The number of hydrogen-bond acceptors (Lipinski definition) is 26. The van der Waals surface area contributed by atoms with Crippen LogP contribution in [0.2, 0.25) is 0 Å². The molecule has 0 unspecified atom stereocenters. The zero-order valence-corrected chi connectivity index (χ0v) is 85.7. The average molecular weight is 2080 g/mol. The Balaban J connectivity index is 1.95. The number of rotatable bonds is 50. The van der Waals surface area contributed by atoms with Crippen LogP contribution in [0.25, 0.3) is 10.9 Å². The van der Waals surface area contributed by atoms with Crippen LogP contribution in [0.5, 0.6) is 0 Å². The quantitative estimate of drug-likeness (QED) is 0.0185. The molecule has 0 saturated heterocycles. The molecular formula is C98H153N25O25. The molecule has 50 nitrogen and oxygen atoms in total. The van der Waals surface area contributed by atoms with Crippen molar-refractivity contribution in [2.75, 3.05) is 13.2 Å². The van der Waals surface area contributed by atoms with Crippen molar-refractivity contribution in [2.45, 2.75) is 344 Å². The SMILES string of the molecule is CC(=O)N[C@@H](CCC(N)=O)C(=O)N[C@@H](CO)C(=O)N[C@@H](CCC(N)=O)C(=O)N[C@@H](CCC(N)=O)C(=O)N[C@H](C(=O)N[C@@H](Cc1ccccc1)C(=O)N[C@]1(C)CCCCCC/C=C/CCC[C@@](C)(C(=O)N[C@@H](CCC(N)=O)C(=O)N[C@@H](CC(N)=O)C(N)=O)NC(=O)[C@H](CC(C)C)NC(=O)[C@H](CC(C)C)NC(=O)[C@H](CCCCN)NC(=O)[C@H](Cc2c[nH]c3ccccc23)NC(=O)[C@H](CC(C)C)NC(=O)[C@H](CC(N)=O)NC1=O)[C@@H](C)O. The average Bonchev–Trinajstić information content (AvgIpc) is 1.11. The fourth-order valence-electron chi connectivity index (χ4n) is 16.2. The van der Waals surface area contributed by atoms with E-state index in [1.807, 2.05) is 6.08 Å². The van der Waals surface area contributed by atoms with E-state index in [0.29, 0.717) is 54.1 Å². The lowest BCUT2D eigenvalue weighted by atomic mass is 9.91. The van der Waals surface area contributed by atoms with Crippen LogP contribution < -0.4 is 131 Å². The topological polar surface area (TPSA) is 850 Å². The van der Waals surface area contributed by atoms with Crippen LogP contribution in [-0.4, -0.2) is 266 Å². The van der Waals surface area contributed by atoms with Crippen molar-refractivity contribution in [1.82, 2.24) is 90.1 Å². The number of aromatic amines is 1. The maximum atomic E-state index is 15.6. The normalized spacial score (nSPS) is 21.0. The third-order valence-electron chi connectivity index (χ3n) is 24.3. The highest BCUT2D eigenvalue weighted by atomic mass is 16.3. The molecule has 0 bridgehead atoms. The summed E-state index contributed by atoms with van der Waals surface area (Å²) < 4.78 is 0. The molecule has 148 heavy (non-hydrogen) atoms. The minimum atomic E-state index is -2.20. The molecule has 1 aliphatic rings. The molecule has 23 amide bonds. The standard InChI is InChI=1S/C98H153N25O25/c1-52(2)43-67-87(139)115-69(45-54(5)6)92(144)122-97(9,95(147)119-65(35-39-77(103)130)85(137)112-66(81(106)133)48-78(104)131)40-24-16-14-12-11-13-15-17-25-41-98(10,96(148)120-72(49-79(105)132)90(142)114-68(44-53(3)4)88(140)116-71(47-58-50-107-60-30-22-21-29-59(58)60)89(141)109-61(82(134)113-67)31-23-26-42-99)123-93(145)70(46-57-27-19-18-20-28-57)117-94(146)80(55(7)125)121-86(138)64(34-38-76(102)129)110-84(136)63(33-37-75(101)128)111-91(143)73(51-124)118-83(135)62(108-56(8)126)32-36-74(100)127/h12,14,18-22,27-30,50,52-55,61-73,80,107,124-125H,11,13,15-17,23-26,31-49,51,99H2,1-10H3,(H2,100,127)(H2,101,128)(H2,102,129)(H2,103,130)(H2,104,131)(H2,105,132)(H2,106,133)(H,108,126)(H,109,141)(H,110,136)(H,111,143)(H,112,137)(H,113,134)(H,114,142)(H,115,139)(H,116,140)(H,117,146)(H,118,135)(H,119,147)(H,120,148)(H,121,138)(H,122,144)(H,123,145)/b14-12+/t55-,61+,62+,63+,64+,65+,66+,67+,68+,69+,70+,71+,72+,73+,80+,97+,98-/m1/s1. The lowest BCUT2D eigenvalue weighted by Crippen LogP contribution is -2.65. The second-order valence-corrected chi connectivity index (χ2v) is 39.0. The van der Waals surface area contributed by atoms with Crippen LogP contribution >= 0.6 is 0 Å². The molecular weight excluding hydrogens is 1930 g/mol. The summed E-state index contributed by atoms with van der Waals surface area (Å²) >= 11 is 0. The molecule has 1 aliphatic heterocycles. The van der Waals surface area contributed by atoms with Crippen LogP contribution in [0.1, 0.15) is 241 Å². The first-order chi connectivity index (χ1) is 69.6. The van der Waals surface area contributed by atoms with E-state index in [2.05, 4.69) is 90.1 Å². The molecule has 2 aromatic carbocycles. The van der Waals surface area contributed by atoms with Crippen LogP contribution in [-0.2, 0) is 123 Å². The fourth-order valence-corrected chi connectivity index (χ4v) is 16.2. The lowest BCUT2D eigenvalue weighted by molar-refractivity contribution is -0.139. The minimum Gasteiger partial charge on any atom is -0.394 e. The van der Waals surface area contributed by atoms with Gasteiger partial charge < -0.3 is 146 Å². The van der Waals surface area contributed by atoms with Gasteiger partial charge in [0.15, 0.2) is 0 Å². The van der Waals surface area contributed by atoms with Gasteiger partial charge in [-0.3, -0.25) is 110 Å². The van der Waals surface area contributed by atoms with Gasteiger partial charge in [-0.2, -0.15) is 0 Å². The largest absolute Gasteiger partial charge is 0.394 e. The number of benzene rings is 2. The second kappa shape index (κ2) is 63.1. The molecule has 820 valence electrons. The highest BCUT2D eigenvalue weighted by molar-refractivity contribution is 6.04. The summed E-state index contributed by atoms with van der Waals surface area (Å²) in [6, 6.07) is -9.09. The van der Waals surface area contributed by atoms with Crippen molar-refractivity contribution < 1.29 is 120 Å². The predicted octanol–water partition coefficient (Wildman–Crippen LogP) is -5.47. The number of primary amides is 7. The number of aliphatic hydroxyl groups is 2. The summed E-state index contributed by atoms with van der Waals surface area (Å²) in [4.78, 5) is 324. The molecule has 50 heteroatoms. The number of para-hydroxylation sites is 1. The van der Waals surface area contributed by atoms with E-state index in [9.17, 15) is 77.3 Å². The lowest BCUT2D eigenvalue weighted by Gasteiger charge is -2.34. The van der Waals surface area contributed by atoms with Crippen molar-refractivity contribution >= 4 is 147 Å². The van der Waals surface area contributed by atoms with Gasteiger partial charge >= 0.3 is 0 Å². The first-order valence-electron chi connectivity index (χ1n) is 49.7. The number of nitrogens with two attached hydrogens (primary N) is 8. The van der Waals surface area contributed by atoms with E-state index in [4.69, 9.17) is 45.9 Å². The Morgan fingerprint density at radius 2 is 0.865 bits per heavy atom. The molecule has 0 spiro atoms. The number of aliphatic hydroxyl groups excluding tert-OH is 2. The van der Waals surface area contributed by atoms with Gasteiger partial charge in [0.2, 0.25) is 136 Å². The smallest absolute Gasteiger partial charge is 0.246 e. The third-order valence-corrected chi connectivity index (χ3v) is 24.3. The first-order valence-corrected chi connectivity index (χ1v) is 49.7. The molecule has 0 saturated carbocycles. The summed E-state index contributed by atoms with van der Waals surface area (Å²) in [5.41, 5.74) is 41.7. The summed E-state index contributed by atoms with van der Waals surface area (Å²) in [5, 5.41) is 62.9. The van der Waals surface area contributed by atoms with E-state index in [1.165, 1.54) is 13.8 Å². The Morgan fingerprint density at radius 3 is 1.35 bits per heavy atom. The first kappa shape index (κ1) is 126. The number of allylic oxidation sites excluding steroid dienone is 2. The molecule has 2 heterocycles. The van der Waals surface area contributed by atoms with Crippen LogP contribution in [0.3, 0.4) is 0 Å². The van der Waals surface area contributed by atoms with Gasteiger partial charge in [-0.05, 0) is 165 Å². The zero-order valence-electron chi connectivity index (χ0n) is 85.7. The summed E-state index contributed by atoms with van der Waals surface area (Å²) in [7, 11) is 0. The van der Waals surface area contributed by atoms with E-state index < -0.39 is 314 Å². The number of carbonyl (C=O) groups excluding carboxylic acids is 23. The van der Waals surface area contributed by atoms with E-state index in [-0.39, 0.29) is 95.4 Å².